The summed E-state index contributed by atoms with van der Waals surface area (Å²) in [5, 5.41) is 3.27. The first kappa shape index (κ1) is 27.1. The smallest absolute Gasteiger partial charge is 0.276 e. The van der Waals surface area contributed by atoms with Crippen molar-refractivity contribution < 1.29 is 18.3 Å². The van der Waals surface area contributed by atoms with Crippen LogP contribution in [0.2, 0.25) is 0 Å². The first-order chi connectivity index (χ1) is 17.8. The average Bonchev–Trinajstić information content (AvgIpc) is 2.92. The van der Waals surface area contributed by atoms with Crippen LogP contribution in [0.25, 0.3) is 11.4 Å². The van der Waals surface area contributed by atoms with Gasteiger partial charge in [-0.05, 0) is 6.72 Å². The Morgan fingerprint density at radius 2 is 1.89 bits per heavy atom. The molecule has 0 bridgehead atoms. The Hall–Kier alpha value is -2.93. The number of nitrogens with zero attached hydrogens (tertiary/aromatic N) is 9. The van der Waals surface area contributed by atoms with E-state index in [2.05, 4.69) is 36.9 Å². The number of carbonyl (C=O) groups excluding carboxylic acids is 1. The molecule has 0 spiro atoms. The van der Waals surface area contributed by atoms with Crippen LogP contribution in [0, 0.1) is 0 Å². The molecule has 1 unspecified atom stereocenters. The fourth-order valence-electron chi connectivity index (χ4n) is 4.12. The molecule has 0 saturated carbocycles. The number of alkyl halides is 2. The first-order valence-corrected chi connectivity index (χ1v) is 12.4. The Morgan fingerprint density at radius 1 is 1.22 bits per heavy atom. The van der Waals surface area contributed by atoms with Gasteiger partial charge in [0, 0.05) is 58.7 Å². The van der Waals surface area contributed by atoms with E-state index in [0.29, 0.717) is 62.9 Å². The molecule has 2 aromatic heterocycles. The zero-order valence-electron chi connectivity index (χ0n) is 20.7. The van der Waals surface area contributed by atoms with E-state index in [1.807, 2.05) is 4.90 Å². The summed E-state index contributed by atoms with van der Waals surface area (Å²) in [6, 6.07) is 0. The maximum atomic E-state index is 14.4. The molecular weight excluding hydrogens is 505 g/mol. The molecule has 4 heterocycles. The zero-order chi connectivity index (χ0) is 26.4. The topological polar surface area (TPSA) is 115 Å². The van der Waals surface area contributed by atoms with E-state index in [0.717, 1.165) is 13.1 Å². The Kier molecular flexibility index (Phi) is 8.85. The lowest BCUT2D eigenvalue weighted by Gasteiger charge is -2.36. The number of morpholine rings is 1. The van der Waals surface area contributed by atoms with Crippen molar-refractivity contribution >= 4 is 45.6 Å². The number of aliphatic imine (C=N–C) groups is 1. The van der Waals surface area contributed by atoms with Crippen molar-refractivity contribution in [1.29, 1.82) is 0 Å². The van der Waals surface area contributed by atoms with Crippen molar-refractivity contribution in [2.24, 2.45) is 4.99 Å². The van der Waals surface area contributed by atoms with Gasteiger partial charge < -0.3 is 19.9 Å². The maximum absolute atomic E-state index is 14.4. The highest BCUT2D eigenvalue weighted by atomic mass is 31.0. The molecule has 4 rings (SSSR count). The summed E-state index contributed by atoms with van der Waals surface area (Å²) in [6.07, 6.45) is 3.59. The second kappa shape index (κ2) is 12.1. The van der Waals surface area contributed by atoms with Crippen molar-refractivity contribution in [3.8, 4) is 11.4 Å². The van der Waals surface area contributed by atoms with E-state index in [9.17, 15) is 13.6 Å². The fraction of sp³-hybridized carbons (Fsp3) is 0.545. The van der Waals surface area contributed by atoms with Crippen LogP contribution in [-0.2, 0) is 9.53 Å². The van der Waals surface area contributed by atoms with Gasteiger partial charge in [-0.3, -0.25) is 19.6 Å². The molecule has 200 valence electrons. The standard InChI is InChI=1S/C22H31F2N10O2P/c1-25-17-19(33-7-9-36-10-8-33)29-18(16-11-27-21(28-12-16)31(2)15-35)30-20(17)34(13-22(23,24)37)14-32-5-3-26-4-6-32/h11-12,15,26H,1,3-10,13-14,37H2,2H3. The van der Waals surface area contributed by atoms with Crippen LogP contribution >= 0.6 is 9.24 Å². The van der Waals surface area contributed by atoms with Crippen LogP contribution < -0.4 is 20.0 Å². The van der Waals surface area contributed by atoms with Crippen LogP contribution in [0.15, 0.2) is 17.4 Å². The number of carbonyl (C=O) groups is 1. The quantitative estimate of drug-likeness (QED) is 0.266. The predicted molar refractivity (Wildman–Crippen MR) is 141 cm³/mol. The summed E-state index contributed by atoms with van der Waals surface area (Å²) in [7, 11) is 3.14. The molecule has 1 atom stereocenters. The molecule has 2 aliphatic rings. The van der Waals surface area contributed by atoms with Gasteiger partial charge in [-0.1, -0.05) is 9.24 Å². The number of ether oxygens (including phenoxy) is 1. The molecule has 0 aromatic carbocycles. The Morgan fingerprint density at radius 3 is 2.49 bits per heavy atom. The normalized spacial score (nSPS) is 16.9. The van der Waals surface area contributed by atoms with Gasteiger partial charge in [0.05, 0.1) is 32.0 Å². The highest BCUT2D eigenvalue weighted by Gasteiger charge is 2.32. The average molecular weight is 537 g/mol. The number of nitrogens with one attached hydrogen (secondary N) is 1. The van der Waals surface area contributed by atoms with Crippen LogP contribution in [0.5, 0.6) is 0 Å². The van der Waals surface area contributed by atoms with Crippen LogP contribution in [0.4, 0.5) is 32.1 Å². The van der Waals surface area contributed by atoms with E-state index in [1.165, 1.54) is 29.2 Å². The third kappa shape index (κ3) is 6.89. The molecule has 0 aliphatic carbocycles. The van der Waals surface area contributed by atoms with Crippen molar-refractivity contribution in [3.05, 3.63) is 12.4 Å². The summed E-state index contributed by atoms with van der Waals surface area (Å²) in [5.74, 6) is 1.18. The first-order valence-electron chi connectivity index (χ1n) is 11.9. The largest absolute Gasteiger partial charge is 0.378 e. The van der Waals surface area contributed by atoms with E-state index < -0.39 is 12.2 Å². The van der Waals surface area contributed by atoms with Gasteiger partial charge in [0.25, 0.3) is 5.66 Å². The molecule has 37 heavy (non-hydrogen) atoms. The van der Waals surface area contributed by atoms with E-state index in [-0.39, 0.29) is 24.3 Å². The minimum atomic E-state index is -3.07. The highest BCUT2D eigenvalue weighted by Crippen LogP contribution is 2.39. The van der Waals surface area contributed by atoms with Crippen LogP contribution in [-0.4, -0.2) is 116 Å². The van der Waals surface area contributed by atoms with Crippen LogP contribution in [0.1, 0.15) is 0 Å². The van der Waals surface area contributed by atoms with Crippen molar-refractivity contribution in [3.63, 3.8) is 0 Å². The predicted octanol–water partition coefficient (Wildman–Crippen LogP) is 0.832. The van der Waals surface area contributed by atoms with E-state index >= 15 is 0 Å². The van der Waals surface area contributed by atoms with E-state index in [4.69, 9.17) is 9.72 Å². The zero-order valence-corrected chi connectivity index (χ0v) is 21.8. The van der Waals surface area contributed by atoms with Gasteiger partial charge in [-0.2, -0.15) is 0 Å². The van der Waals surface area contributed by atoms with Crippen molar-refractivity contribution in [2.45, 2.75) is 5.66 Å². The molecule has 0 radical (unpaired) electrons. The van der Waals surface area contributed by atoms with Gasteiger partial charge in [0.2, 0.25) is 12.4 Å². The molecule has 1 N–H and O–H groups in total. The number of hydrogen-bond acceptors (Lipinski definition) is 11. The summed E-state index contributed by atoms with van der Waals surface area (Å²) in [6.45, 7) is 8.41. The lowest BCUT2D eigenvalue weighted by Crippen LogP contribution is -2.50. The fourth-order valence-corrected chi connectivity index (χ4v) is 4.34. The Labute approximate surface area is 216 Å². The van der Waals surface area contributed by atoms with Crippen LogP contribution in [0.3, 0.4) is 0 Å². The van der Waals surface area contributed by atoms with Gasteiger partial charge in [-0.25, -0.2) is 28.7 Å². The maximum Gasteiger partial charge on any atom is 0.276 e. The molecule has 2 aliphatic heterocycles. The number of aromatic nitrogens is 4. The highest BCUT2D eigenvalue weighted by molar-refractivity contribution is 7.18. The third-order valence-corrected chi connectivity index (χ3v) is 6.15. The molecule has 2 saturated heterocycles. The Balaban J connectivity index is 1.82. The summed E-state index contributed by atoms with van der Waals surface area (Å²) < 4.78 is 34.3. The SMILES string of the molecule is C=Nc1c(N2CCOCC2)nc(-c2cnc(N(C)C=O)nc2)nc1N(CN1CCNCC1)CC(F)(F)P. The number of piperazine rings is 1. The summed E-state index contributed by atoms with van der Waals surface area (Å²) in [4.78, 5) is 40.0. The molecular formula is C22H31F2N10O2P. The lowest BCUT2D eigenvalue weighted by atomic mass is 10.2. The number of halogens is 2. The molecule has 12 nitrogen and oxygen atoms in total. The third-order valence-electron chi connectivity index (χ3n) is 5.97. The lowest BCUT2D eigenvalue weighted by molar-refractivity contribution is -0.107. The van der Waals surface area contributed by atoms with Gasteiger partial charge in [0.1, 0.15) is 5.69 Å². The second-order valence-corrected chi connectivity index (χ2v) is 9.60. The molecule has 2 fully saturated rings. The number of hydrogen-bond donors (Lipinski definition) is 1. The summed E-state index contributed by atoms with van der Waals surface area (Å²) >= 11 is 0. The van der Waals surface area contributed by atoms with Crippen molar-refractivity contribution in [1.82, 2.24) is 30.2 Å². The number of amides is 1. The number of rotatable bonds is 10. The van der Waals surface area contributed by atoms with Gasteiger partial charge in [0.15, 0.2) is 17.5 Å². The molecule has 1 amide bonds. The second-order valence-electron chi connectivity index (χ2n) is 8.76. The Bertz CT molecular complexity index is 1080. The van der Waals surface area contributed by atoms with Gasteiger partial charge >= 0.3 is 0 Å². The monoisotopic (exact) mass is 536 g/mol. The van der Waals surface area contributed by atoms with E-state index in [1.54, 1.807) is 9.24 Å². The molecule has 2 aromatic rings. The minimum absolute atomic E-state index is 0.208. The minimum Gasteiger partial charge on any atom is -0.378 e. The number of anilines is 3. The van der Waals surface area contributed by atoms with Crippen molar-refractivity contribution in [2.75, 3.05) is 87.4 Å². The molecule has 15 heteroatoms. The van der Waals surface area contributed by atoms with Gasteiger partial charge in [-0.15, -0.1) is 0 Å². The summed E-state index contributed by atoms with van der Waals surface area (Å²) in [5.41, 5.74) is -2.27.